The number of carbonyl (C=O) groups is 2. The number of carbonyl (C=O) groups excluding carboxylic acids is 2. The second-order valence-electron chi connectivity index (χ2n) is 5.47. The zero-order chi connectivity index (χ0) is 19.3. The molecule has 2 aromatic rings. The molecule has 0 atom stereocenters. The van der Waals surface area contributed by atoms with Gasteiger partial charge in [0.2, 0.25) is 0 Å². The van der Waals surface area contributed by atoms with Gasteiger partial charge in [-0.15, -0.1) is 0 Å². The molecule has 0 saturated carbocycles. The summed E-state index contributed by atoms with van der Waals surface area (Å²) in [5.41, 5.74) is -0.383. The minimum absolute atomic E-state index is 0.00297. The number of rotatable bonds is 6. The summed E-state index contributed by atoms with van der Waals surface area (Å²) in [7, 11) is 0. The summed E-state index contributed by atoms with van der Waals surface area (Å²) in [6.45, 7) is 3.06. The zero-order valence-electron chi connectivity index (χ0n) is 14.2. The summed E-state index contributed by atoms with van der Waals surface area (Å²) >= 11 is 0. The standard InChI is InChI=1S/C19H17F3O4/c1-3-25-18(24)14-6-4-13(5-7-14)11-26-15-8-9-16(12(2)23)17(10-15)19(20,21)22/h4-10H,3,11H2,1-2H3. The normalized spacial score (nSPS) is 11.1. The fraction of sp³-hybridized carbons (Fsp3) is 0.263. The van der Waals surface area contributed by atoms with Crippen molar-refractivity contribution in [1.29, 1.82) is 0 Å². The molecule has 0 unspecified atom stereocenters. The van der Waals surface area contributed by atoms with E-state index in [1.165, 1.54) is 6.07 Å². The number of hydrogen-bond acceptors (Lipinski definition) is 4. The zero-order valence-corrected chi connectivity index (χ0v) is 14.2. The number of hydrogen-bond donors (Lipinski definition) is 0. The predicted octanol–water partition coefficient (Wildman–Crippen LogP) is 4.66. The maximum absolute atomic E-state index is 13.1. The molecule has 0 saturated heterocycles. The van der Waals surface area contributed by atoms with Gasteiger partial charge in [0, 0.05) is 5.56 Å². The molecule has 0 N–H and O–H groups in total. The molecule has 0 amide bonds. The molecule has 0 aliphatic heterocycles. The van der Waals surface area contributed by atoms with Gasteiger partial charge < -0.3 is 9.47 Å². The number of halogens is 3. The van der Waals surface area contributed by atoms with Crippen LogP contribution in [0, 0.1) is 0 Å². The Kier molecular flexibility index (Phi) is 6.02. The van der Waals surface area contributed by atoms with Crippen molar-refractivity contribution < 1.29 is 32.2 Å². The van der Waals surface area contributed by atoms with Gasteiger partial charge in [0.05, 0.1) is 17.7 Å². The Morgan fingerprint density at radius 3 is 2.23 bits per heavy atom. The molecule has 0 aromatic heterocycles. The second kappa shape index (κ2) is 8.03. The molecule has 0 radical (unpaired) electrons. The summed E-state index contributed by atoms with van der Waals surface area (Å²) < 4.78 is 49.5. The van der Waals surface area contributed by atoms with Crippen molar-refractivity contribution in [3.05, 3.63) is 64.7 Å². The van der Waals surface area contributed by atoms with E-state index < -0.39 is 29.1 Å². The van der Waals surface area contributed by atoms with Crippen LogP contribution in [0.5, 0.6) is 5.75 Å². The lowest BCUT2D eigenvalue weighted by Crippen LogP contribution is -2.12. The van der Waals surface area contributed by atoms with Crippen LogP contribution in [0.1, 0.15) is 45.7 Å². The van der Waals surface area contributed by atoms with Crippen LogP contribution in [-0.4, -0.2) is 18.4 Å². The van der Waals surface area contributed by atoms with Gasteiger partial charge in [0.1, 0.15) is 12.4 Å². The predicted molar refractivity (Wildman–Crippen MR) is 88.2 cm³/mol. The van der Waals surface area contributed by atoms with E-state index in [9.17, 15) is 22.8 Å². The van der Waals surface area contributed by atoms with E-state index in [-0.39, 0.29) is 19.0 Å². The molecule has 2 rings (SSSR count). The van der Waals surface area contributed by atoms with Crippen LogP contribution in [0.4, 0.5) is 13.2 Å². The molecule has 4 nitrogen and oxygen atoms in total. The van der Waals surface area contributed by atoms with Crippen molar-refractivity contribution in [2.75, 3.05) is 6.61 Å². The number of ketones is 1. The monoisotopic (exact) mass is 366 g/mol. The lowest BCUT2D eigenvalue weighted by atomic mass is 10.0. The molecule has 0 aliphatic rings. The number of esters is 1. The fourth-order valence-electron chi connectivity index (χ4n) is 2.27. The van der Waals surface area contributed by atoms with Crippen LogP contribution in [0.3, 0.4) is 0 Å². The van der Waals surface area contributed by atoms with Gasteiger partial charge in [-0.05, 0) is 49.7 Å². The van der Waals surface area contributed by atoms with Crippen molar-refractivity contribution in [3.8, 4) is 5.75 Å². The highest BCUT2D eigenvalue weighted by Crippen LogP contribution is 2.34. The minimum Gasteiger partial charge on any atom is -0.489 e. The molecule has 26 heavy (non-hydrogen) atoms. The van der Waals surface area contributed by atoms with Crippen molar-refractivity contribution in [2.45, 2.75) is 26.6 Å². The van der Waals surface area contributed by atoms with E-state index in [0.717, 1.165) is 19.1 Å². The minimum atomic E-state index is -4.65. The third kappa shape index (κ3) is 4.84. The van der Waals surface area contributed by atoms with Crippen LogP contribution in [0.25, 0.3) is 0 Å². The first-order chi connectivity index (χ1) is 12.2. The molecule has 0 spiro atoms. The molecule has 2 aromatic carbocycles. The van der Waals surface area contributed by atoms with Gasteiger partial charge in [0.25, 0.3) is 0 Å². The first-order valence-electron chi connectivity index (χ1n) is 7.83. The summed E-state index contributed by atoms with van der Waals surface area (Å²) in [4.78, 5) is 22.9. The first kappa shape index (κ1) is 19.5. The Morgan fingerprint density at radius 2 is 1.69 bits per heavy atom. The van der Waals surface area contributed by atoms with Gasteiger partial charge in [-0.3, -0.25) is 4.79 Å². The average Bonchev–Trinajstić information content (AvgIpc) is 2.59. The summed E-state index contributed by atoms with van der Waals surface area (Å²) in [6.07, 6.45) is -4.65. The van der Waals surface area contributed by atoms with Crippen LogP contribution in [-0.2, 0) is 17.5 Å². The van der Waals surface area contributed by atoms with Crippen LogP contribution in [0.15, 0.2) is 42.5 Å². The summed E-state index contributed by atoms with van der Waals surface area (Å²) in [5, 5.41) is 0. The Hall–Kier alpha value is -2.83. The smallest absolute Gasteiger partial charge is 0.417 e. The Labute approximate surface area is 148 Å². The fourth-order valence-corrected chi connectivity index (χ4v) is 2.27. The Morgan fingerprint density at radius 1 is 1.04 bits per heavy atom. The van der Waals surface area contributed by atoms with Gasteiger partial charge in [-0.1, -0.05) is 12.1 Å². The number of Topliss-reactive ketones (excluding diaryl/α,β-unsaturated/α-hetero) is 1. The molecule has 0 heterocycles. The number of alkyl halides is 3. The van der Waals surface area contributed by atoms with Crippen molar-refractivity contribution in [3.63, 3.8) is 0 Å². The number of ether oxygens (including phenoxy) is 2. The van der Waals surface area contributed by atoms with Gasteiger partial charge in [-0.25, -0.2) is 4.79 Å². The van der Waals surface area contributed by atoms with E-state index in [1.54, 1.807) is 31.2 Å². The topological polar surface area (TPSA) is 52.6 Å². The van der Waals surface area contributed by atoms with E-state index in [2.05, 4.69) is 0 Å². The SMILES string of the molecule is CCOC(=O)c1ccc(COc2ccc(C(C)=O)c(C(F)(F)F)c2)cc1. The summed E-state index contributed by atoms with van der Waals surface area (Å²) in [5.74, 6) is -1.12. The molecular formula is C19H17F3O4. The van der Waals surface area contributed by atoms with E-state index >= 15 is 0 Å². The third-order valence-electron chi connectivity index (χ3n) is 3.55. The highest BCUT2D eigenvalue weighted by Gasteiger charge is 2.34. The third-order valence-corrected chi connectivity index (χ3v) is 3.55. The van der Waals surface area contributed by atoms with Crippen LogP contribution < -0.4 is 4.74 Å². The van der Waals surface area contributed by atoms with Crippen LogP contribution in [0.2, 0.25) is 0 Å². The van der Waals surface area contributed by atoms with Crippen LogP contribution >= 0.6 is 0 Å². The molecule has 138 valence electrons. The quantitative estimate of drug-likeness (QED) is 0.551. The van der Waals surface area contributed by atoms with E-state index in [4.69, 9.17) is 9.47 Å². The highest BCUT2D eigenvalue weighted by atomic mass is 19.4. The molecule has 0 aliphatic carbocycles. The van der Waals surface area contributed by atoms with Gasteiger partial charge >= 0.3 is 12.1 Å². The lowest BCUT2D eigenvalue weighted by molar-refractivity contribution is -0.138. The average molecular weight is 366 g/mol. The molecule has 0 fully saturated rings. The van der Waals surface area contributed by atoms with Crippen molar-refractivity contribution >= 4 is 11.8 Å². The highest BCUT2D eigenvalue weighted by molar-refractivity contribution is 5.96. The largest absolute Gasteiger partial charge is 0.489 e. The van der Waals surface area contributed by atoms with Crippen molar-refractivity contribution in [2.24, 2.45) is 0 Å². The number of benzene rings is 2. The Bertz CT molecular complexity index is 795. The lowest BCUT2D eigenvalue weighted by Gasteiger charge is -2.13. The van der Waals surface area contributed by atoms with Crippen molar-refractivity contribution in [1.82, 2.24) is 0 Å². The summed E-state index contributed by atoms with van der Waals surface area (Å²) in [6, 6.07) is 9.59. The second-order valence-corrected chi connectivity index (χ2v) is 5.47. The molecule has 7 heteroatoms. The first-order valence-corrected chi connectivity index (χ1v) is 7.83. The Balaban J connectivity index is 2.12. The van der Waals surface area contributed by atoms with E-state index in [1.807, 2.05) is 0 Å². The maximum atomic E-state index is 13.1. The molecule has 0 bridgehead atoms. The maximum Gasteiger partial charge on any atom is 0.417 e. The van der Waals surface area contributed by atoms with E-state index in [0.29, 0.717) is 11.1 Å². The molecular weight excluding hydrogens is 349 g/mol. The van der Waals surface area contributed by atoms with Gasteiger partial charge in [0.15, 0.2) is 5.78 Å². The van der Waals surface area contributed by atoms with Gasteiger partial charge in [-0.2, -0.15) is 13.2 Å².